The molecule has 2 atom stereocenters. The first-order valence-corrected chi connectivity index (χ1v) is 10.9. The van der Waals surface area contributed by atoms with Crippen LogP contribution in [0, 0.1) is 0 Å². The molecule has 2 nitrogen and oxygen atoms in total. The molecule has 0 fully saturated rings. The van der Waals surface area contributed by atoms with E-state index in [1.165, 1.54) is 10.8 Å². The van der Waals surface area contributed by atoms with Gasteiger partial charge in [0.05, 0.1) is 0 Å². The third kappa shape index (κ3) is 2.81. The summed E-state index contributed by atoms with van der Waals surface area (Å²) in [7, 11) is 0. The summed E-state index contributed by atoms with van der Waals surface area (Å²) < 4.78 is 0. The quantitative estimate of drug-likeness (QED) is 0.339. The van der Waals surface area contributed by atoms with Crippen molar-refractivity contribution in [1.82, 2.24) is 0 Å². The van der Waals surface area contributed by atoms with E-state index in [9.17, 15) is 10.2 Å². The molecule has 0 spiro atoms. The average Bonchev–Trinajstić information content (AvgIpc) is 2.86. The van der Waals surface area contributed by atoms with Gasteiger partial charge in [0.15, 0.2) is 0 Å². The van der Waals surface area contributed by atoms with E-state index in [2.05, 4.69) is 60.7 Å². The van der Waals surface area contributed by atoms with Crippen molar-refractivity contribution < 1.29 is 10.2 Å². The molecule has 2 unspecified atom stereocenters. The molecule has 5 aromatic carbocycles. The number of aliphatic hydroxyl groups is 2. The second-order valence-corrected chi connectivity index (χ2v) is 8.31. The highest BCUT2D eigenvalue weighted by molar-refractivity contribution is 6.00. The second-order valence-electron chi connectivity index (χ2n) is 8.31. The zero-order valence-corrected chi connectivity index (χ0v) is 17.4. The molecule has 2 N–H and O–H groups in total. The largest absolute Gasteiger partial charge is 0.384 e. The summed E-state index contributed by atoms with van der Waals surface area (Å²) in [6.45, 7) is 0. The zero-order chi connectivity index (χ0) is 21.7. The van der Waals surface area contributed by atoms with Gasteiger partial charge in [-0.3, -0.25) is 0 Å². The minimum absolute atomic E-state index is 0.755. The maximum atomic E-state index is 11.4. The first-order valence-electron chi connectivity index (χ1n) is 10.9. The van der Waals surface area contributed by atoms with Crippen molar-refractivity contribution in [2.45, 2.75) is 12.2 Å². The molecule has 1 aliphatic rings. The average molecular weight is 415 g/mol. The number of hydrogen-bond acceptors (Lipinski definition) is 2. The van der Waals surface area contributed by atoms with E-state index in [-0.39, 0.29) is 0 Å². The van der Waals surface area contributed by atoms with Crippen LogP contribution in [0.25, 0.3) is 33.0 Å². The molecule has 32 heavy (non-hydrogen) atoms. The molecular weight excluding hydrogens is 392 g/mol. The Morgan fingerprint density at radius 3 is 1.72 bits per heavy atom. The highest BCUT2D eigenvalue weighted by Crippen LogP contribution is 2.46. The molecule has 6 rings (SSSR count). The van der Waals surface area contributed by atoms with Crippen LogP contribution in [0.2, 0.25) is 0 Å². The SMILES string of the molecule is OC1c2ccccc2C(O)c2c(-c3ccccc3-c3cccc4ccccc34)cccc21. The van der Waals surface area contributed by atoms with Gasteiger partial charge in [-0.05, 0) is 55.3 Å². The van der Waals surface area contributed by atoms with Crippen molar-refractivity contribution in [3.05, 3.63) is 131 Å². The van der Waals surface area contributed by atoms with Crippen LogP contribution in [0.3, 0.4) is 0 Å². The zero-order valence-electron chi connectivity index (χ0n) is 17.4. The fourth-order valence-electron chi connectivity index (χ4n) is 5.11. The van der Waals surface area contributed by atoms with Crippen molar-refractivity contribution in [2.75, 3.05) is 0 Å². The van der Waals surface area contributed by atoms with Crippen LogP contribution in [0.4, 0.5) is 0 Å². The van der Waals surface area contributed by atoms with E-state index in [1.54, 1.807) is 0 Å². The van der Waals surface area contributed by atoms with Crippen LogP contribution in [0.15, 0.2) is 109 Å². The molecule has 0 amide bonds. The molecule has 2 heteroatoms. The first kappa shape index (κ1) is 19.0. The summed E-state index contributed by atoms with van der Waals surface area (Å²) in [6.07, 6.45) is -1.55. The molecule has 0 bridgehead atoms. The fraction of sp³-hybridized carbons (Fsp3) is 0.0667. The predicted octanol–water partition coefficient (Wildman–Crippen LogP) is 6.65. The highest BCUT2D eigenvalue weighted by Gasteiger charge is 2.32. The van der Waals surface area contributed by atoms with Crippen molar-refractivity contribution in [1.29, 1.82) is 0 Å². The normalized spacial score (nSPS) is 17.1. The topological polar surface area (TPSA) is 40.5 Å². The van der Waals surface area contributed by atoms with E-state index in [1.807, 2.05) is 48.5 Å². The lowest BCUT2D eigenvalue weighted by Gasteiger charge is -2.31. The second kappa shape index (κ2) is 7.45. The van der Waals surface area contributed by atoms with Crippen molar-refractivity contribution in [2.24, 2.45) is 0 Å². The molecule has 0 aromatic heterocycles. The Bertz CT molecular complexity index is 1460. The molecule has 154 valence electrons. The Labute approximate surface area is 187 Å². The van der Waals surface area contributed by atoms with Gasteiger partial charge in [-0.25, -0.2) is 0 Å². The van der Waals surface area contributed by atoms with Gasteiger partial charge < -0.3 is 10.2 Å². The van der Waals surface area contributed by atoms with Crippen LogP contribution < -0.4 is 0 Å². The summed E-state index contributed by atoms with van der Waals surface area (Å²) in [5.41, 5.74) is 7.35. The number of aliphatic hydroxyl groups excluding tert-OH is 2. The van der Waals surface area contributed by atoms with Crippen LogP contribution in [-0.2, 0) is 0 Å². The Morgan fingerprint density at radius 1 is 0.406 bits per heavy atom. The lowest BCUT2D eigenvalue weighted by Crippen LogP contribution is -2.18. The van der Waals surface area contributed by atoms with Gasteiger partial charge in [0.2, 0.25) is 0 Å². The van der Waals surface area contributed by atoms with Gasteiger partial charge in [-0.15, -0.1) is 0 Å². The van der Waals surface area contributed by atoms with Crippen molar-refractivity contribution in [3.8, 4) is 22.3 Å². The third-order valence-electron chi connectivity index (χ3n) is 6.59. The van der Waals surface area contributed by atoms with E-state index < -0.39 is 12.2 Å². The van der Waals surface area contributed by atoms with E-state index in [4.69, 9.17) is 0 Å². The van der Waals surface area contributed by atoms with Gasteiger partial charge >= 0.3 is 0 Å². The predicted molar refractivity (Wildman–Crippen MR) is 129 cm³/mol. The summed E-state index contributed by atoms with van der Waals surface area (Å²) in [5.74, 6) is 0. The summed E-state index contributed by atoms with van der Waals surface area (Å²) in [6, 6.07) is 36.6. The Kier molecular flexibility index (Phi) is 4.43. The molecule has 1 aliphatic carbocycles. The molecule has 0 saturated carbocycles. The highest BCUT2D eigenvalue weighted by atomic mass is 16.3. The van der Waals surface area contributed by atoms with Crippen LogP contribution in [0.1, 0.15) is 34.5 Å². The molecule has 0 aliphatic heterocycles. The number of benzene rings is 5. The van der Waals surface area contributed by atoms with Crippen molar-refractivity contribution >= 4 is 10.8 Å². The van der Waals surface area contributed by atoms with Gasteiger partial charge in [0, 0.05) is 0 Å². The minimum atomic E-state index is -0.790. The molecule has 5 aromatic rings. The summed E-state index contributed by atoms with van der Waals surface area (Å²) in [5, 5.41) is 24.9. The lowest BCUT2D eigenvalue weighted by atomic mass is 9.77. The Balaban J connectivity index is 1.61. The number of rotatable bonds is 2. The third-order valence-corrected chi connectivity index (χ3v) is 6.59. The van der Waals surface area contributed by atoms with Crippen LogP contribution in [-0.4, -0.2) is 10.2 Å². The Hall–Kier alpha value is -3.72. The number of hydrogen-bond donors (Lipinski definition) is 2. The maximum Gasteiger partial charge on any atom is 0.105 e. The molecular formula is C30H22O2. The fourth-order valence-corrected chi connectivity index (χ4v) is 5.11. The number of fused-ring (bicyclic) bond motifs is 3. The lowest BCUT2D eigenvalue weighted by molar-refractivity contribution is 0.174. The van der Waals surface area contributed by atoms with Gasteiger partial charge in [-0.2, -0.15) is 0 Å². The van der Waals surface area contributed by atoms with Gasteiger partial charge in [0.25, 0.3) is 0 Å². The van der Waals surface area contributed by atoms with Gasteiger partial charge in [0.1, 0.15) is 12.2 Å². The molecule has 0 heterocycles. The van der Waals surface area contributed by atoms with E-state index >= 15 is 0 Å². The van der Waals surface area contributed by atoms with Gasteiger partial charge in [-0.1, -0.05) is 109 Å². The Morgan fingerprint density at radius 2 is 0.906 bits per heavy atom. The standard InChI is InChI=1S/C30H22O2/c31-29-25-14-5-6-15-26(25)30(32)28-24(17-8-18-27(28)29)23-13-4-3-12-22(23)21-16-7-10-19-9-1-2-11-20(19)21/h1-18,29-32H. The smallest absolute Gasteiger partial charge is 0.105 e. The first-order chi connectivity index (χ1) is 15.7. The molecule has 0 radical (unpaired) electrons. The molecule has 0 saturated heterocycles. The van der Waals surface area contributed by atoms with Crippen LogP contribution >= 0.6 is 0 Å². The van der Waals surface area contributed by atoms with Crippen LogP contribution in [0.5, 0.6) is 0 Å². The van der Waals surface area contributed by atoms with Crippen molar-refractivity contribution in [3.63, 3.8) is 0 Å². The summed E-state index contributed by atoms with van der Waals surface area (Å²) in [4.78, 5) is 0. The summed E-state index contributed by atoms with van der Waals surface area (Å²) >= 11 is 0. The maximum absolute atomic E-state index is 11.4. The monoisotopic (exact) mass is 414 g/mol. The van der Waals surface area contributed by atoms with E-state index in [0.717, 1.165) is 44.5 Å². The van der Waals surface area contributed by atoms with E-state index in [0.29, 0.717) is 0 Å². The minimum Gasteiger partial charge on any atom is -0.384 e.